The number of nitrogens with zero attached hydrogens (tertiary/aromatic N) is 1. The first-order chi connectivity index (χ1) is 3.18. The lowest BCUT2D eigenvalue weighted by atomic mass is 11.0. The molecule has 0 amide bonds. The van der Waals surface area contributed by atoms with Crippen molar-refractivity contribution in [3.8, 4) is 0 Å². The van der Waals surface area contributed by atoms with Crippen molar-refractivity contribution >= 4 is 5.96 Å². The van der Waals surface area contributed by atoms with Crippen LogP contribution < -0.4 is 5.73 Å². The molecule has 0 radical (unpaired) electrons. The molecular formula is C3H9N3O. The molecule has 0 aliphatic heterocycles. The third-order valence-corrected chi connectivity index (χ3v) is 0.613. The van der Waals surface area contributed by atoms with E-state index < -0.39 is 0 Å². The smallest absolute Gasteiger partial charge is 0.212 e. The quantitative estimate of drug-likeness (QED) is 0.264. The molecule has 0 aromatic carbocycles. The molecule has 0 fully saturated rings. The Kier molecular flexibility index (Phi) is 2.15. The maximum atomic E-state index is 6.68. The first-order valence-electron chi connectivity index (χ1n) is 1.80. The Morgan fingerprint density at radius 1 is 1.86 bits per heavy atom. The summed E-state index contributed by atoms with van der Waals surface area (Å²) in [6.45, 7) is 0. The van der Waals surface area contributed by atoms with Crippen LogP contribution in [0.3, 0.4) is 0 Å². The van der Waals surface area contributed by atoms with Gasteiger partial charge in [0.25, 0.3) is 0 Å². The van der Waals surface area contributed by atoms with Gasteiger partial charge >= 0.3 is 0 Å². The summed E-state index contributed by atoms with van der Waals surface area (Å²) >= 11 is 0. The summed E-state index contributed by atoms with van der Waals surface area (Å²) in [5.74, 6) is -0.0949. The van der Waals surface area contributed by atoms with E-state index in [9.17, 15) is 0 Å². The molecule has 4 nitrogen and oxygen atoms in total. The number of guanidine groups is 1. The number of hydrogen-bond acceptors (Lipinski definition) is 2. The predicted octanol–water partition coefficient (Wildman–Crippen LogP) is -0.627. The molecule has 7 heavy (non-hydrogen) atoms. The molecular weight excluding hydrogens is 94.1 g/mol. The van der Waals surface area contributed by atoms with Crippen molar-refractivity contribution in [1.82, 2.24) is 5.06 Å². The fourth-order valence-corrected chi connectivity index (χ4v) is 0.0983. The maximum absolute atomic E-state index is 6.68. The van der Waals surface area contributed by atoms with Crippen LogP contribution in [0.5, 0.6) is 0 Å². The van der Waals surface area contributed by atoms with E-state index in [2.05, 4.69) is 4.84 Å². The minimum absolute atomic E-state index is 0.0949. The monoisotopic (exact) mass is 103 g/mol. The van der Waals surface area contributed by atoms with Crippen molar-refractivity contribution in [3.05, 3.63) is 0 Å². The normalized spacial score (nSPS) is 8.29. The highest BCUT2D eigenvalue weighted by Gasteiger charge is 1.91. The van der Waals surface area contributed by atoms with Gasteiger partial charge in [-0.2, -0.15) is 0 Å². The predicted molar refractivity (Wildman–Crippen MR) is 26.7 cm³/mol. The van der Waals surface area contributed by atoms with Gasteiger partial charge in [0, 0.05) is 7.05 Å². The van der Waals surface area contributed by atoms with Gasteiger partial charge in [-0.05, 0) is 0 Å². The van der Waals surface area contributed by atoms with Crippen LogP contribution in [0.1, 0.15) is 0 Å². The van der Waals surface area contributed by atoms with Gasteiger partial charge in [-0.15, -0.1) is 0 Å². The standard InChI is InChI=1S/C3H9N3O/c1-6(7-2)3(4)5/h1-2H3,(H3,4,5). The molecule has 0 aliphatic rings. The molecule has 4 heteroatoms. The van der Waals surface area contributed by atoms with E-state index in [1.54, 1.807) is 7.05 Å². The average Bonchev–Trinajstić information content (AvgIpc) is 1.65. The third kappa shape index (κ3) is 1.99. The van der Waals surface area contributed by atoms with Crippen molar-refractivity contribution in [2.24, 2.45) is 5.73 Å². The number of hydrogen-bond donors (Lipinski definition) is 2. The third-order valence-electron chi connectivity index (χ3n) is 0.613. The van der Waals surface area contributed by atoms with E-state index in [1.807, 2.05) is 0 Å². The molecule has 42 valence electrons. The maximum Gasteiger partial charge on any atom is 0.212 e. The molecule has 0 heterocycles. The van der Waals surface area contributed by atoms with E-state index in [4.69, 9.17) is 11.1 Å². The van der Waals surface area contributed by atoms with E-state index in [-0.39, 0.29) is 5.96 Å². The van der Waals surface area contributed by atoms with Crippen LogP contribution in [0, 0.1) is 5.41 Å². The van der Waals surface area contributed by atoms with Gasteiger partial charge in [-0.25, -0.2) is 5.06 Å². The number of nitrogens with two attached hydrogens (primary N) is 1. The van der Waals surface area contributed by atoms with Crippen LogP contribution in [0.15, 0.2) is 0 Å². The Bertz CT molecular complexity index is 72.6. The van der Waals surface area contributed by atoms with Crippen molar-refractivity contribution in [3.63, 3.8) is 0 Å². The average molecular weight is 103 g/mol. The second-order valence-electron chi connectivity index (χ2n) is 1.07. The van der Waals surface area contributed by atoms with Crippen molar-refractivity contribution in [2.75, 3.05) is 14.2 Å². The lowest BCUT2D eigenvalue weighted by Gasteiger charge is -2.10. The molecule has 0 aromatic heterocycles. The lowest BCUT2D eigenvalue weighted by Crippen LogP contribution is -2.31. The lowest BCUT2D eigenvalue weighted by molar-refractivity contribution is -0.0437. The van der Waals surface area contributed by atoms with Gasteiger partial charge < -0.3 is 5.73 Å². The zero-order valence-corrected chi connectivity index (χ0v) is 4.43. The van der Waals surface area contributed by atoms with Crippen LogP contribution in [0.2, 0.25) is 0 Å². The second-order valence-corrected chi connectivity index (χ2v) is 1.07. The summed E-state index contributed by atoms with van der Waals surface area (Å²) in [5.41, 5.74) is 4.93. The minimum atomic E-state index is -0.0949. The summed E-state index contributed by atoms with van der Waals surface area (Å²) < 4.78 is 0. The number of hydroxylamine groups is 2. The van der Waals surface area contributed by atoms with E-state index in [0.717, 1.165) is 5.06 Å². The summed E-state index contributed by atoms with van der Waals surface area (Å²) in [4.78, 5) is 4.50. The first-order valence-corrected chi connectivity index (χ1v) is 1.80. The van der Waals surface area contributed by atoms with Gasteiger partial charge in [0.05, 0.1) is 7.11 Å². The number of rotatable bonds is 1. The Labute approximate surface area is 42.3 Å². The molecule has 0 saturated heterocycles. The van der Waals surface area contributed by atoms with Crippen LogP contribution >= 0.6 is 0 Å². The molecule has 0 unspecified atom stereocenters. The Hall–Kier alpha value is -0.770. The molecule has 0 aliphatic carbocycles. The second kappa shape index (κ2) is 2.41. The Morgan fingerprint density at radius 2 is 2.29 bits per heavy atom. The van der Waals surface area contributed by atoms with Gasteiger partial charge in [0.1, 0.15) is 0 Å². The zero-order valence-electron chi connectivity index (χ0n) is 4.43. The topological polar surface area (TPSA) is 62.3 Å². The fourth-order valence-electron chi connectivity index (χ4n) is 0.0983. The number of nitrogens with one attached hydrogen (secondary N) is 1. The summed E-state index contributed by atoms with van der Waals surface area (Å²) in [7, 11) is 3.00. The van der Waals surface area contributed by atoms with Crippen molar-refractivity contribution in [1.29, 1.82) is 5.41 Å². The molecule has 0 rings (SSSR count). The van der Waals surface area contributed by atoms with E-state index in [1.165, 1.54) is 7.11 Å². The zero-order chi connectivity index (χ0) is 5.86. The van der Waals surface area contributed by atoms with Gasteiger partial charge in [-0.3, -0.25) is 10.2 Å². The molecule has 0 aromatic rings. The first kappa shape index (κ1) is 6.23. The summed E-state index contributed by atoms with van der Waals surface area (Å²) in [5, 5.41) is 7.83. The Morgan fingerprint density at radius 3 is 2.29 bits per heavy atom. The van der Waals surface area contributed by atoms with Gasteiger partial charge in [-0.1, -0.05) is 0 Å². The van der Waals surface area contributed by atoms with Crippen LogP contribution in [-0.4, -0.2) is 25.2 Å². The summed E-state index contributed by atoms with van der Waals surface area (Å²) in [6, 6.07) is 0. The van der Waals surface area contributed by atoms with E-state index in [0.29, 0.717) is 0 Å². The van der Waals surface area contributed by atoms with E-state index >= 15 is 0 Å². The SMILES string of the molecule is CON(C)C(=N)N. The molecule has 0 bridgehead atoms. The largest absolute Gasteiger partial charge is 0.368 e. The van der Waals surface area contributed by atoms with Crippen LogP contribution in [0.4, 0.5) is 0 Å². The summed E-state index contributed by atoms with van der Waals surface area (Å²) in [6.07, 6.45) is 0. The molecule has 0 saturated carbocycles. The van der Waals surface area contributed by atoms with Gasteiger partial charge in [0.15, 0.2) is 0 Å². The minimum Gasteiger partial charge on any atom is -0.368 e. The Balaban J connectivity index is 3.34. The van der Waals surface area contributed by atoms with Crippen LogP contribution in [0.25, 0.3) is 0 Å². The van der Waals surface area contributed by atoms with Crippen LogP contribution in [-0.2, 0) is 4.84 Å². The molecule has 0 spiro atoms. The molecule has 3 N–H and O–H groups in total. The molecule has 0 atom stereocenters. The van der Waals surface area contributed by atoms with Gasteiger partial charge in [0.2, 0.25) is 5.96 Å². The highest BCUT2D eigenvalue weighted by atomic mass is 16.7. The fraction of sp³-hybridized carbons (Fsp3) is 0.667. The highest BCUT2D eigenvalue weighted by Crippen LogP contribution is 1.73. The van der Waals surface area contributed by atoms with Crippen molar-refractivity contribution < 1.29 is 4.84 Å². The highest BCUT2D eigenvalue weighted by molar-refractivity contribution is 5.72. The van der Waals surface area contributed by atoms with Crippen molar-refractivity contribution in [2.45, 2.75) is 0 Å².